The molecule has 3 nitrogen and oxygen atoms in total. The number of nitrogens with zero attached hydrogens (tertiary/aromatic N) is 2. The Morgan fingerprint density at radius 2 is 2.33 bits per heavy atom. The molecule has 0 aliphatic carbocycles. The highest BCUT2D eigenvalue weighted by Crippen LogP contribution is 2.25. The number of rotatable bonds is 1. The molecule has 5 heteroatoms. The number of nitriles is 1. The van der Waals surface area contributed by atoms with Gasteiger partial charge in [0.25, 0.3) is 5.91 Å². The van der Waals surface area contributed by atoms with Gasteiger partial charge in [0.1, 0.15) is 0 Å². The Morgan fingerprint density at radius 1 is 1.56 bits per heavy atom. The van der Waals surface area contributed by atoms with Crippen molar-refractivity contribution in [2.45, 2.75) is 12.8 Å². The molecule has 18 heavy (non-hydrogen) atoms. The molecule has 1 fully saturated rings. The Bertz CT molecular complexity index is 512. The van der Waals surface area contributed by atoms with E-state index >= 15 is 0 Å². The Hall–Kier alpha value is -1.05. The Labute approximate surface area is 119 Å². The molecule has 0 bridgehead atoms. The van der Waals surface area contributed by atoms with Crippen molar-refractivity contribution in [1.82, 2.24) is 4.90 Å². The third-order valence-electron chi connectivity index (χ3n) is 3.06. The standard InChI is InChI=1S/C13H12BrClN2O/c14-11-6-10(3-4-12(11)15)13(18)17-5-1-2-9(7-16)8-17/h3-4,6,9H,1-2,5,8H2. The summed E-state index contributed by atoms with van der Waals surface area (Å²) in [5.41, 5.74) is 0.602. The van der Waals surface area contributed by atoms with Crippen molar-refractivity contribution in [3.63, 3.8) is 0 Å². The molecule has 0 saturated carbocycles. The molecular formula is C13H12BrClN2O. The lowest BCUT2D eigenvalue weighted by Crippen LogP contribution is -2.39. The van der Waals surface area contributed by atoms with Crippen LogP contribution in [0.3, 0.4) is 0 Å². The van der Waals surface area contributed by atoms with Crippen molar-refractivity contribution in [3.8, 4) is 6.07 Å². The highest BCUT2D eigenvalue weighted by molar-refractivity contribution is 9.10. The van der Waals surface area contributed by atoms with Crippen molar-refractivity contribution in [1.29, 1.82) is 5.26 Å². The molecule has 1 atom stereocenters. The minimum Gasteiger partial charge on any atom is -0.337 e. The van der Waals surface area contributed by atoms with Gasteiger partial charge in [0.2, 0.25) is 0 Å². The SMILES string of the molecule is N#CC1CCCN(C(=O)c2ccc(Cl)c(Br)c2)C1. The van der Waals surface area contributed by atoms with Crippen LogP contribution in [0.5, 0.6) is 0 Å². The zero-order chi connectivity index (χ0) is 13.1. The smallest absolute Gasteiger partial charge is 0.253 e. The summed E-state index contributed by atoms with van der Waals surface area (Å²) in [5, 5.41) is 9.51. The van der Waals surface area contributed by atoms with Gasteiger partial charge >= 0.3 is 0 Å². The first-order valence-electron chi connectivity index (χ1n) is 5.75. The first-order chi connectivity index (χ1) is 8.61. The zero-order valence-electron chi connectivity index (χ0n) is 9.70. The zero-order valence-corrected chi connectivity index (χ0v) is 12.0. The maximum absolute atomic E-state index is 12.3. The van der Waals surface area contributed by atoms with Crippen LogP contribution in [0.1, 0.15) is 23.2 Å². The highest BCUT2D eigenvalue weighted by atomic mass is 79.9. The molecule has 0 aromatic heterocycles. The number of benzene rings is 1. The van der Waals surface area contributed by atoms with Gasteiger partial charge in [-0.2, -0.15) is 5.26 Å². The van der Waals surface area contributed by atoms with Gasteiger partial charge in [0.15, 0.2) is 0 Å². The van der Waals surface area contributed by atoms with Crippen molar-refractivity contribution in [2.24, 2.45) is 5.92 Å². The van der Waals surface area contributed by atoms with E-state index in [1.807, 2.05) is 0 Å². The van der Waals surface area contributed by atoms with Crippen molar-refractivity contribution >= 4 is 33.4 Å². The quantitative estimate of drug-likeness (QED) is 0.792. The fourth-order valence-corrected chi connectivity index (χ4v) is 2.58. The molecule has 1 heterocycles. The van der Waals surface area contributed by atoms with Crippen LogP contribution in [0.15, 0.2) is 22.7 Å². The topological polar surface area (TPSA) is 44.1 Å². The van der Waals surface area contributed by atoms with Crippen LogP contribution in [0.2, 0.25) is 5.02 Å². The first kappa shape index (κ1) is 13.4. The predicted octanol–water partition coefficient (Wildman–Crippen LogP) is 3.48. The second-order valence-electron chi connectivity index (χ2n) is 4.35. The predicted molar refractivity (Wildman–Crippen MR) is 73.4 cm³/mol. The summed E-state index contributed by atoms with van der Waals surface area (Å²) in [6.07, 6.45) is 1.77. The number of carbonyl (C=O) groups is 1. The van der Waals surface area contributed by atoms with Crippen LogP contribution >= 0.6 is 27.5 Å². The van der Waals surface area contributed by atoms with E-state index in [4.69, 9.17) is 16.9 Å². The van der Waals surface area contributed by atoms with Crippen molar-refractivity contribution in [2.75, 3.05) is 13.1 Å². The summed E-state index contributed by atoms with van der Waals surface area (Å²) in [6, 6.07) is 7.37. The Morgan fingerprint density at radius 3 is 3.00 bits per heavy atom. The van der Waals surface area contributed by atoms with Crippen LogP contribution in [-0.4, -0.2) is 23.9 Å². The molecule has 94 valence electrons. The minimum atomic E-state index is -0.0431. The van der Waals surface area contributed by atoms with Gasteiger partial charge in [0, 0.05) is 23.1 Å². The van der Waals surface area contributed by atoms with Crippen LogP contribution < -0.4 is 0 Å². The van der Waals surface area contributed by atoms with Gasteiger partial charge in [0.05, 0.1) is 17.0 Å². The summed E-state index contributed by atoms with van der Waals surface area (Å²) in [5.74, 6) is -0.0780. The van der Waals surface area contributed by atoms with Gasteiger partial charge in [-0.1, -0.05) is 11.6 Å². The number of likely N-dealkylation sites (tertiary alicyclic amines) is 1. The van der Waals surface area contributed by atoms with Gasteiger partial charge in [-0.25, -0.2) is 0 Å². The number of hydrogen-bond donors (Lipinski definition) is 0. The van der Waals surface area contributed by atoms with E-state index in [-0.39, 0.29) is 11.8 Å². The summed E-state index contributed by atoms with van der Waals surface area (Å²) >= 11 is 9.21. The van der Waals surface area contributed by atoms with Crippen molar-refractivity contribution in [3.05, 3.63) is 33.3 Å². The molecule has 1 aromatic rings. The largest absolute Gasteiger partial charge is 0.337 e. The molecule has 1 saturated heterocycles. The number of carbonyl (C=O) groups excluding carboxylic acids is 1. The molecule has 0 N–H and O–H groups in total. The summed E-state index contributed by atoms with van der Waals surface area (Å²) in [4.78, 5) is 14.0. The van der Waals surface area contributed by atoms with Gasteiger partial charge < -0.3 is 4.90 Å². The first-order valence-corrected chi connectivity index (χ1v) is 6.93. The van der Waals surface area contributed by atoms with E-state index < -0.39 is 0 Å². The van der Waals surface area contributed by atoms with E-state index in [1.165, 1.54) is 0 Å². The summed E-state index contributed by atoms with van der Waals surface area (Å²) in [7, 11) is 0. The van der Waals surface area contributed by atoms with Crippen LogP contribution in [0, 0.1) is 17.2 Å². The van der Waals surface area contributed by atoms with Crippen LogP contribution in [0.4, 0.5) is 0 Å². The Kier molecular flexibility index (Phi) is 4.26. The third-order valence-corrected chi connectivity index (χ3v) is 4.27. The monoisotopic (exact) mass is 326 g/mol. The molecule has 2 rings (SSSR count). The normalized spacial score (nSPS) is 19.4. The van der Waals surface area contributed by atoms with E-state index in [2.05, 4.69) is 22.0 Å². The van der Waals surface area contributed by atoms with Gasteiger partial charge in [-0.3, -0.25) is 4.79 Å². The Balaban J connectivity index is 2.15. The maximum Gasteiger partial charge on any atom is 0.253 e. The molecule has 1 unspecified atom stereocenters. The molecule has 1 aliphatic rings. The number of amides is 1. The second kappa shape index (κ2) is 5.73. The van der Waals surface area contributed by atoms with Gasteiger partial charge in [-0.05, 0) is 47.0 Å². The lowest BCUT2D eigenvalue weighted by Gasteiger charge is -2.29. The number of piperidine rings is 1. The average molecular weight is 328 g/mol. The number of hydrogen-bond acceptors (Lipinski definition) is 2. The van der Waals surface area contributed by atoms with Crippen LogP contribution in [-0.2, 0) is 0 Å². The fourth-order valence-electron chi connectivity index (χ4n) is 2.08. The minimum absolute atomic E-state index is 0.0349. The van der Waals surface area contributed by atoms with Crippen LogP contribution in [0.25, 0.3) is 0 Å². The lowest BCUT2D eigenvalue weighted by molar-refractivity contribution is 0.0698. The van der Waals surface area contributed by atoms with E-state index in [1.54, 1.807) is 23.1 Å². The van der Waals surface area contributed by atoms with Gasteiger partial charge in [-0.15, -0.1) is 0 Å². The molecule has 1 aliphatic heterocycles. The average Bonchev–Trinajstić information content (AvgIpc) is 2.41. The summed E-state index contributed by atoms with van der Waals surface area (Å²) < 4.78 is 0.712. The molecule has 1 amide bonds. The molecule has 0 radical (unpaired) electrons. The van der Waals surface area contributed by atoms with E-state index in [9.17, 15) is 4.79 Å². The lowest BCUT2D eigenvalue weighted by atomic mass is 9.99. The van der Waals surface area contributed by atoms with E-state index in [0.29, 0.717) is 21.6 Å². The number of halogens is 2. The molecular weight excluding hydrogens is 316 g/mol. The highest BCUT2D eigenvalue weighted by Gasteiger charge is 2.24. The second-order valence-corrected chi connectivity index (χ2v) is 5.61. The van der Waals surface area contributed by atoms with E-state index in [0.717, 1.165) is 19.4 Å². The molecule has 1 aromatic carbocycles. The van der Waals surface area contributed by atoms with Crippen molar-refractivity contribution < 1.29 is 4.79 Å². The molecule has 0 spiro atoms. The third kappa shape index (κ3) is 2.85. The maximum atomic E-state index is 12.3. The summed E-state index contributed by atoms with van der Waals surface area (Å²) in [6.45, 7) is 1.24. The fraction of sp³-hybridized carbons (Fsp3) is 0.385.